The Hall–Kier alpha value is -1.88. The summed E-state index contributed by atoms with van der Waals surface area (Å²) in [5, 5.41) is 2.89. The van der Waals surface area contributed by atoms with Gasteiger partial charge in [-0.05, 0) is 38.4 Å². The minimum Gasteiger partial charge on any atom is -0.466 e. The summed E-state index contributed by atoms with van der Waals surface area (Å²) >= 11 is 0. The first-order valence-electron chi connectivity index (χ1n) is 8.74. The van der Waals surface area contributed by atoms with Crippen LogP contribution in [0.25, 0.3) is 0 Å². The number of hydrogen-bond acceptors (Lipinski definition) is 4. The van der Waals surface area contributed by atoms with E-state index in [1.54, 1.807) is 6.92 Å². The van der Waals surface area contributed by atoms with Crippen LogP contribution in [0.5, 0.6) is 0 Å². The summed E-state index contributed by atoms with van der Waals surface area (Å²) in [6.07, 6.45) is 1.91. The van der Waals surface area contributed by atoms with Crippen LogP contribution in [-0.4, -0.2) is 43.0 Å². The number of nitrogens with zero attached hydrogens (tertiary/aromatic N) is 1. The van der Waals surface area contributed by atoms with E-state index in [1.807, 2.05) is 13.0 Å². The molecule has 0 aromatic heterocycles. The number of rotatable bonds is 7. The minimum atomic E-state index is -0.345. The van der Waals surface area contributed by atoms with Crippen LogP contribution in [0.3, 0.4) is 0 Å². The maximum atomic E-state index is 12.4. The Morgan fingerprint density at radius 3 is 2.50 bits per heavy atom. The standard InChI is InChI=1S/C19H28N2O3/c1-3-24-17(22)9-12-20-18(23)19(2)10-13-21(14-11-19)15-16-7-5-4-6-8-16/h4-8H,3,9-15H2,1-2H3,(H,20,23). The van der Waals surface area contributed by atoms with Crippen LogP contribution in [0.15, 0.2) is 30.3 Å². The second-order valence-corrected chi connectivity index (χ2v) is 6.63. The molecule has 0 bridgehead atoms. The lowest BCUT2D eigenvalue weighted by atomic mass is 9.79. The first-order valence-corrected chi connectivity index (χ1v) is 8.74. The van der Waals surface area contributed by atoms with E-state index in [-0.39, 0.29) is 23.7 Å². The van der Waals surface area contributed by atoms with Crippen molar-refractivity contribution in [1.82, 2.24) is 10.2 Å². The van der Waals surface area contributed by atoms with Gasteiger partial charge in [0, 0.05) is 18.5 Å². The van der Waals surface area contributed by atoms with Crippen LogP contribution >= 0.6 is 0 Å². The predicted molar refractivity (Wildman–Crippen MR) is 93.3 cm³/mol. The summed E-state index contributed by atoms with van der Waals surface area (Å²) in [5.41, 5.74) is 0.960. The summed E-state index contributed by atoms with van der Waals surface area (Å²) in [5.74, 6) is -0.216. The molecule has 0 aliphatic carbocycles. The summed E-state index contributed by atoms with van der Waals surface area (Å²) in [4.78, 5) is 26.2. The smallest absolute Gasteiger partial charge is 0.307 e. The van der Waals surface area contributed by atoms with Gasteiger partial charge in [-0.1, -0.05) is 37.3 Å². The number of hydrogen-bond donors (Lipinski definition) is 1. The number of nitrogens with one attached hydrogen (secondary N) is 1. The van der Waals surface area contributed by atoms with Gasteiger partial charge in [0.05, 0.1) is 13.0 Å². The van der Waals surface area contributed by atoms with E-state index in [9.17, 15) is 9.59 Å². The van der Waals surface area contributed by atoms with Crippen molar-refractivity contribution in [1.29, 1.82) is 0 Å². The van der Waals surface area contributed by atoms with Gasteiger partial charge in [-0.3, -0.25) is 14.5 Å². The predicted octanol–water partition coefficient (Wildman–Crippen LogP) is 2.36. The average molecular weight is 332 g/mol. The topological polar surface area (TPSA) is 58.6 Å². The Morgan fingerprint density at radius 1 is 1.21 bits per heavy atom. The van der Waals surface area contributed by atoms with Crippen LogP contribution in [-0.2, 0) is 20.9 Å². The maximum Gasteiger partial charge on any atom is 0.307 e. The fraction of sp³-hybridized carbons (Fsp3) is 0.579. The van der Waals surface area contributed by atoms with Gasteiger partial charge in [0.1, 0.15) is 0 Å². The van der Waals surface area contributed by atoms with E-state index in [0.29, 0.717) is 13.2 Å². The highest BCUT2D eigenvalue weighted by Gasteiger charge is 2.36. The molecule has 1 heterocycles. The molecule has 1 saturated heterocycles. The van der Waals surface area contributed by atoms with Gasteiger partial charge < -0.3 is 10.1 Å². The largest absolute Gasteiger partial charge is 0.466 e. The van der Waals surface area contributed by atoms with Gasteiger partial charge in [0.15, 0.2) is 0 Å². The number of ether oxygens (including phenoxy) is 1. The third-order valence-corrected chi connectivity index (χ3v) is 4.68. The van der Waals surface area contributed by atoms with Crippen molar-refractivity contribution < 1.29 is 14.3 Å². The molecule has 5 nitrogen and oxygen atoms in total. The summed E-state index contributed by atoms with van der Waals surface area (Å²) in [7, 11) is 0. The first kappa shape index (κ1) is 18.5. The summed E-state index contributed by atoms with van der Waals surface area (Å²) < 4.78 is 4.87. The molecule has 0 radical (unpaired) electrons. The third kappa shape index (κ3) is 5.34. The number of carbonyl (C=O) groups is 2. The molecule has 1 aromatic carbocycles. The van der Waals surface area contributed by atoms with E-state index in [4.69, 9.17) is 4.74 Å². The Morgan fingerprint density at radius 2 is 1.88 bits per heavy atom. The minimum absolute atomic E-state index is 0.0474. The SMILES string of the molecule is CCOC(=O)CCNC(=O)C1(C)CCN(Cc2ccccc2)CC1. The fourth-order valence-corrected chi connectivity index (χ4v) is 3.00. The monoisotopic (exact) mass is 332 g/mol. The van der Waals surface area contributed by atoms with Gasteiger partial charge in [-0.2, -0.15) is 0 Å². The summed E-state index contributed by atoms with van der Waals surface area (Å²) in [6.45, 7) is 7.28. The lowest BCUT2D eigenvalue weighted by Crippen LogP contribution is -2.47. The second kappa shape index (κ2) is 8.83. The van der Waals surface area contributed by atoms with E-state index >= 15 is 0 Å². The lowest BCUT2D eigenvalue weighted by molar-refractivity contribution is -0.143. The molecule has 0 atom stereocenters. The van der Waals surface area contributed by atoms with Gasteiger partial charge >= 0.3 is 5.97 Å². The van der Waals surface area contributed by atoms with Gasteiger partial charge in [-0.15, -0.1) is 0 Å². The van der Waals surface area contributed by atoms with Crippen molar-refractivity contribution in [3.05, 3.63) is 35.9 Å². The van der Waals surface area contributed by atoms with E-state index in [0.717, 1.165) is 32.5 Å². The van der Waals surface area contributed by atoms with E-state index in [1.165, 1.54) is 5.56 Å². The van der Waals surface area contributed by atoms with Crippen LogP contribution in [0.1, 0.15) is 38.7 Å². The molecule has 1 N–H and O–H groups in total. The molecule has 0 spiro atoms. The quantitative estimate of drug-likeness (QED) is 0.779. The molecule has 0 unspecified atom stereocenters. The lowest BCUT2D eigenvalue weighted by Gasteiger charge is -2.38. The number of piperidine rings is 1. The van der Waals surface area contributed by atoms with Gasteiger partial charge in [0.25, 0.3) is 0 Å². The zero-order valence-corrected chi connectivity index (χ0v) is 14.7. The zero-order valence-electron chi connectivity index (χ0n) is 14.7. The van der Waals surface area contributed by atoms with Crippen LogP contribution < -0.4 is 5.32 Å². The number of amides is 1. The highest BCUT2D eigenvalue weighted by molar-refractivity contribution is 5.82. The van der Waals surface area contributed by atoms with Crippen molar-refractivity contribution in [2.75, 3.05) is 26.2 Å². The normalized spacial score (nSPS) is 17.2. The molecule has 0 saturated carbocycles. The number of carbonyl (C=O) groups excluding carboxylic acids is 2. The molecule has 24 heavy (non-hydrogen) atoms. The van der Waals surface area contributed by atoms with Crippen LogP contribution in [0.4, 0.5) is 0 Å². The van der Waals surface area contributed by atoms with Gasteiger partial charge in [0.2, 0.25) is 5.91 Å². The summed E-state index contributed by atoms with van der Waals surface area (Å²) in [6, 6.07) is 10.4. The van der Waals surface area contributed by atoms with E-state index < -0.39 is 0 Å². The molecule has 132 valence electrons. The Kier molecular flexibility index (Phi) is 6.79. The first-order chi connectivity index (χ1) is 11.5. The van der Waals surface area contributed by atoms with Crippen LogP contribution in [0, 0.1) is 5.41 Å². The van der Waals surface area contributed by atoms with E-state index in [2.05, 4.69) is 34.5 Å². The highest BCUT2D eigenvalue weighted by Crippen LogP contribution is 2.31. The molecular formula is C19H28N2O3. The van der Waals surface area contributed by atoms with Crippen molar-refractivity contribution >= 4 is 11.9 Å². The molecule has 2 rings (SSSR count). The van der Waals surface area contributed by atoms with Gasteiger partial charge in [-0.25, -0.2) is 0 Å². The van der Waals surface area contributed by atoms with Crippen LogP contribution in [0.2, 0.25) is 0 Å². The Bertz CT molecular complexity index is 537. The number of likely N-dealkylation sites (tertiary alicyclic amines) is 1. The molecular weight excluding hydrogens is 304 g/mol. The molecule has 1 aromatic rings. The zero-order chi connectivity index (χ0) is 17.4. The number of esters is 1. The Labute approximate surface area is 144 Å². The molecule has 1 amide bonds. The molecule has 5 heteroatoms. The van der Waals surface area contributed by atoms with Crippen molar-refractivity contribution in [2.24, 2.45) is 5.41 Å². The van der Waals surface area contributed by atoms with Crippen molar-refractivity contribution in [3.8, 4) is 0 Å². The van der Waals surface area contributed by atoms with Crippen molar-refractivity contribution in [2.45, 2.75) is 39.7 Å². The maximum absolute atomic E-state index is 12.4. The third-order valence-electron chi connectivity index (χ3n) is 4.68. The molecule has 1 aliphatic heterocycles. The highest BCUT2D eigenvalue weighted by atomic mass is 16.5. The van der Waals surface area contributed by atoms with Crippen molar-refractivity contribution in [3.63, 3.8) is 0 Å². The fourth-order valence-electron chi connectivity index (χ4n) is 3.00. The average Bonchev–Trinajstić information content (AvgIpc) is 2.58. The molecule has 1 aliphatic rings. The molecule has 1 fully saturated rings. The number of benzene rings is 1. The second-order valence-electron chi connectivity index (χ2n) is 6.63. The Balaban J connectivity index is 1.74.